The van der Waals surface area contributed by atoms with Gasteiger partial charge in [-0.2, -0.15) is 0 Å². The van der Waals surface area contributed by atoms with Crippen molar-refractivity contribution in [1.82, 2.24) is 15.5 Å². The van der Waals surface area contributed by atoms with E-state index in [1.165, 1.54) is 6.92 Å². The first-order chi connectivity index (χ1) is 14.0. The molecule has 0 radical (unpaired) electrons. The van der Waals surface area contributed by atoms with Crippen LogP contribution in [0.4, 0.5) is 4.79 Å². The molecule has 0 saturated heterocycles. The average Bonchev–Trinajstić information content (AvgIpc) is 2.64. The van der Waals surface area contributed by atoms with E-state index in [1.54, 1.807) is 32.9 Å². The maximum Gasteiger partial charge on any atom is 0.408 e. The number of carbonyl (C=O) groups is 3. The minimum atomic E-state index is -1.01. The molecule has 0 spiro atoms. The average molecular weight is 416 g/mol. The van der Waals surface area contributed by atoms with Crippen LogP contribution in [-0.2, 0) is 14.3 Å². The molecule has 0 aromatic heterocycles. The molecule has 0 aliphatic heterocycles. The summed E-state index contributed by atoms with van der Waals surface area (Å²) in [6.07, 6.45) is 6.65. The summed E-state index contributed by atoms with van der Waals surface area (Å²) in [4.78, 5) is 39.1. The van der Waals surface area contributed by atoms with Crippen LogP contribution in [0.5, 0.6) is 0 Å². The van der Waals surface area contributed by atoms with Crippen molar-refractivity contribution in [3.63, 3.8) is 0 Å². The highest BCUT2D eigenvalue weighted by atomic mass is 16.6. The van der Waals surface area contributed by atoms with Crippen LogP contribution < -0.4 is 10.6 Å². The molecule has 1 aromatic carbocycles. The predicted molar refractivity (Wildman–Crippen MR) is 116 cm³/mol. The van der Waals surface area contributed by atoms with Crippen LogP contribution in [0.15, 0.2) is 24.3 Å². The normalized spacial score (nSPS) is 12.8. The van der Waals surface area contributed by atoms with Gasteiger partial charge in [-0.15, -0.1) is 0 Å². The highest BCUT2D eigenvalue weighted by Crippen LogP contribution is 2.25. The van der Waals surface area contributed by atoms with Gasteiger partial charge in [-0.1, -0.05) is 44.0 Å². The van der Waals surface area contributed by atoms with E-state index in [-0.39, 0.29) is 5.91 Å². The standard InChI is InChI=1S/C23H33N3O4/c1-8-10-15-24-20(27)19(18-14-12-11-13-16(18)3)26(9-2)21(28)17(4)25-22(29)30-23(5,6)7/h2,11-14,17,19H,8,10,15H2,1,3-7H3,(H,24,27)(H,25,29). The SMILES string of the molecule is C#CN(C(=O)C(C)NC(=O)OC(C)(C)C)C(C(=O)NCCCC)c1ccccc1C. The van der Waals surface area contributed by atoms with Gasteiger partial charge in [-0.05, 0) is 52.2 Å². The summed E-state index contributed by atoms with van der Waals surface area (Å²) in [5.74, 6) is -0.948. The van der Waals surface area contributed by atoms with Gasteiger partial charge in [0.25, 0.3) is 5.91 Å². The van der Waals surface area contributed by atoms with Crippen molar-refractivity contribution >= 4 is 17.9 Å². The number of nitrogens with one attached hydrogen (secondary N) is 2. The van der Waals surface area contributed by atoms with Crippen LogP contribution >= 0.6 is 0 Å². The van der Waals surface area contributed by atoms with Gasteiger partial charge in [-0.25, -0.2) is 4.79 Å². The number of aryl methyl sites for hydroxylation is 1. The number of alkyl carbamates (subject to hydrolysis) is 1. The maximum atomic E-state index is 13.1. The molecule has 0 saturated carbocycles. The van der Waals surface area contributed by atoms with Crippen molar-refractivity contribution in [2.75, 3.05) is 6.54 Å². The second kappa shape index (κ2) is 11.2. The number of ether oxygens (including phenoxy) is 1. The van der Waals surface area contributed by atoms with Crippen LogP contribution in [0.3, 0.4) is 0 Å². The Kier molecular flexibility index (Phi) is 9.38. The lowest BCUT2D eigenvalue weighted by Crippen LogP contribution is -2.50. The molecule has 7 heteroatoms. The van der Waals surface area contributed by atoms with E-state index >= 15 is 0 Å². The first-order valence-electron chi connectivity index (χ1n) is 10.1. The molecule has 2 atom stereocenters. The molecular formula is C23H33N3O4. The zero-order valence-electron chi connectivity index (χ0n) is 18.7. The number of amides is 3. The van der Waals surface area contributed by atoms with E-state index in [2.05, 4.69) is 16.7 Å². The smallest absolute Gasteiger partial charge is 0.408 e. The van der Waals surface area contributed by atoms with Gasteiger partial charge >= 0.3 is 6.09 Å². The second-order valence-corrected chi connectivity index (χ2v) is 8.11. The summed E-state index contributed by atoms with van der Waals surface area (Å²) < 4.78 is 5.20. The van der Waals surface area contributed by atoms with Crippen molar-refractivity contribution in [2.24, 2.45) is 0 Å². The summed E-state index contributed by atoms with van der Waals surface area (Å²) in [5.41, 5.74) is 0.748. The third kappa shape index (κ3) is 7.43. The molecule has 2 N–H and O–H groups in total. The zero-order valence-corrected chi connectivity index (χ0v) is 18.7. The Labute approximate surface area is 179 Å². The minimum Gasteiger partial charge on any atom is -0.444 e. The van der Waals surface area contributed by atoms with Crippen molar-refractivity contribution in [3.8, 4) is 12.5 Å². The summed E-state index contributed by atoms with van der Waals surface area (Å²) in [7, 11) is 0. The topological polar surface area (TPSA) is 87.7 Å². The molecule has 1 aromatic rings. The third-order valence-corrected chi connectivity index (χ3v) is 4.30. The molecule has 0 bridgehead atoms. The lowest BCUT2D eigenvalue weighted by Gasteiger charge is -2.30. The molecule has 3 amide bonds. The van der Waals surface area contributed by atoms with Gasteiger partial charge in [0.15, 0.2) is 0 Å². The van der Waals surface area contributed by atoms with E-state index in [0.29, 0.717) is 12.1 Å². The second-order valence-electron chi connectivity index (χ2n) is 8.11. The number of benzene rings is 1. The Morgan fingerprint density at radius 2 is 1.87 bits per heavy atom. The van der Waals surface area contributed by atoms with Crippen LogP contribution in [-0.4, -0.2) is 41.0 Å². The number of unbranched alkanes of at least 4 members (excludes halogenated alkanes) is 1. The quantitative estimate of drug-likeness (QED) is 0.387. The molecule has 0 aliphatic carbocycles. The number of nitrogens with zero attached hydrogens (tertiary/aromatic N) is 1. The summed E-state index contributed by atoms with van der Waals surface area (Å²) >= 11 is 0. The van der Waals surface area contributed by atoms with Crippen molar-refractivity contribution in [3.05, 3.63) is 35.4 Å². The predicted octanol–water partition coefficient (Wildman–Crippen LogP) is 3.28. The van der Waals surface area contributed by atoms with Gasteiger partial charge in [0.1, 0.15) is 17.7 Å². The van der Waals surface area contributed by atoms with Gasteiger partial charge in [-0.3, -0.25) is 14.5 Å². The van der Waals surface area contributed by atoms with Gasteiger partial charge in [0, 0.05) is 12.6 Å². The largest absolute Gasteiger partial charge is 0.444 e. The van der Waals surface area contributed by atoms with E-state index < -0.39 is 29.7 Å². The Morgan fingerprint density at radius 3 is 2.40 bits per heavy atom. The van der Waals surface area contributed by atoms with Gasteiger partial charge in [0.2, 0.25) is 5.91 Å². The van der Waals surface area contributed by atoms with E-state index in [0.717, 1.165) is 23.3 Å². The number of hydrogen-bond donors (Lipinski definition) is 2. The van der Waals surface area contributed by atoms with E-state index in [4.69, 9.17) is 11.2 Å². The Hall–Kier alpha value is -3.01. The molecule has 1 rings (SSSR count). The number of terminal acetylenes is 1. The Morgan fingerprint density at radius 1 is 1.23 bits per heavy atom. The molecule has 0 fully saturated rings. The fraction of sp³-hybridized carbons (Fsp3) is 0.522. The molecule has 0 aliphatic rings. The number of hydrogen-bond acceptors (Lipinski definition) is 4. The molecule has 0 heterocycles. The molecule has 2 unspecified atom stereocenters. The van der Waals surface area contributed by atoms with Crippen LogP contribution in [0, 0.1) is 19.4 Å². The van der Waals surface area contributed by atoms with Gasteiger partial charge in [0.05, 0.1) is 0 Å². The monoisotopic (exact) mass is 415 g/mol. The van der Waals surface area contributed by atoms with Crippen molar-refractivity contribution in [2.45, 2.75) is 72.1 Å². The summed E-state index contributed by atoms with van der Waals surface area (Å²) in [6, 6.07) is 7.59. The van der Waals surface area contributed by atoms with Gasteiger partial charge < -0.3 is 15.4 Å². The zero-order chi connectivity index (χ0) is 22.9. The maximum absolute atomic E-state index is 13.1. The molecule has 30 heavy (non-hydrogen) atoms. The van der Waals surface area contributed by atoms with Crippen molar-refractivity contribution < 1.29 is 19.1 Å². The molecule has 7 nitrogen and oxygen atoms in total. The summed E-state index contributed by atoms with van der Waals surface area (Å²) in [6.45, 7) is 11.0. The number of rotatable bonds is 8. The fourth-order valence-electron chi connectivity index (χ4n) is 2.80. The molecular weight excluding hydrogens is 382 g/mol. The third-order valence-electron chi connectivity index (χ3n) is 4.30. The Balaban J connectivity index is 3.14. The van der Waals surface area contributed by atoms with Crippen molar-refractivity contribution in [1.29, 1.82) is 0 Å². The highest BCUT2D eigenvalue weighted by molar-refractivity contribution is 5.93. The number of carbonyl (C=O) groups excluding carboxylic acids is 3. The minimum absolute atomic E-state index is 0.367. The first-order valence-corrected chi connectivity index (χ1v) is 10.1. The highest BCUT2D eigenvalue weighted by Gasteiger charge is 2.34. The van der Waals surface area contributed by atoms with Crippen LogP contribution in [0.1, 0.15) is 64.6 Å². The van der Waals surface area contributed by atoms with Crippen LogP contribution in [0.2, 0.25) is 0 Å². The Bertz CT molecular complexity index is 792. The molecule has 164 valence electrons. The fourth-order valence-corrected chi connectivity index (χ4v) is 2.80. The summed E-state index contributed by atoms with van der Waals surface area (Å²) in [5, 5.41) is 5.33. The van der Waals surface area contributed by atoms with E-state index in [9.17, 15) is 14.4 Å². The first kappa shape index (κ1) is 25.0. The lowest BCUT2D eigenvalue weighted by molar-refractivity contribution is -0.138. The van der Waals surface area contributed by atoms with Crippen LogP contribution in [0.25, 0.3) is 0 Å². The van der Waals surface area contributed by atoms with E-state index in [1.807, 2.05) is 26.0 Å². The lowest BCUT2D eigenvalue weighted by atomic mass is 9.98.